The highest BCUT2D eigenvalue weighted by Gasteiger charge is 2.12. The molecule has 2 rings (SSSR count). The first-order chi connectivity index (χ1) is 9.58. The van der Waals surface area contributed by atoms with E-state index < -0.39 is 6.61 Å². The molecule has 6 heteroatoms. The van der Waals surface area contributed by atoms with Crippen molar-refractivity contribution in [2.24, 2.45) is 0 Å². The van der Waals surface area contributed by atoms with E-state index in [4.69, 9.17) is 0 Å². The summed E-state index contributed by atoms with van der Waals surface area (Å²) in [4.78, 5) is 4.44. The number of nitrogens with zero attached hydrogens (tertiary/aromatic N) is 1. The average molecular weight is 298 g/mol. The lowest BCUT2D eigenvalue weighted by Gasteiger charge is -2.16. The average Bonchev–Trinajstić information content (AvgIpc) is 2.82. The zero-order chi connectivity index (χ0) is 14.5. The number of nitrogens with one attached hydrogen (secondary N) is 1. The summed E-state index contributed by atoms with van der Waals surface area (Å²) in [7, 11) is 1.87. The van der Waals surface area contributed by atoms with Gasteiger partial charge in [-0.2, -0.15) is 8.78 Å². The second-order valence-corrected chi connectivity index (χ2v) is 5.41. The van der Waals surface area contributed by atoms with Gasteiger partial charge in [0.15, 0.2) is 0 Å². The van der Waals surface area contributed by atoms with Gasteiger partial charge in [0.1, 0.15) is 5.75 Å². The maximum absolute atomic E-state index is 12.1. The second kappa shape index (κ2) is 6.76. The van der Waals surface area contributed by atoms with Crippen LogP contribution in [0.15, 0.2) is 29.6 Å². The summed E-state index contributed by atoms with van der Waals surface area (Å²) in [5.41, 5.74) is 2.04. The number of halogens is 2. The molecule has 0 saturated carbocycles. The Labute approximate surface area is 120 Å². The number of hydrogen-bond donors (Lipinski definition) is 1. The lowest BCUT2D eigenvalue weighted by Crippen LogP contribution is -2.19. The molecule has 0 fully saturated rings. The molecule has 2 aromatic rings. The minimum Gasteiger partial charge on any atom is -0.435 e. The molecule has 0 aliphatic heterocycles. The molecule has 1 unspecified atom stereocenters. The highest BCUT2D eigenvalue weighted by atomic mass is 32.1. The molecular weight excluding hydrogens is 282 g/mol. The number of thiazole rings is 1. The van der Waals surface area contributed by atoms with Crippen LogP contribution in [0.4, 0.5) is 8.78 Å². The number of aromatic nitrogens is 1. The first-order valence-electron chi connectivity index (χ1n) is 6.21. The summed E-state index contributed by atoms with van der Waals surface area (Å²) in [6.45, 7) is -0.821. The minimum absolute atomic E-state index is 0.0945. The molecule has 0 aliphatic carbocycles. The fraction of sp³-hybridized carbons (Fsp3) is 0.357. The Morgan fingerprint density at radius 3 is 2.50 bits per heavy atom. The van der Waals surface area contributed by atoms with Crippen LogP contribution in [-0.4, -0.2) is 18.6 Å². The van der Waals surface area contributed by atoms with Gasteiger partial charge in [0.25, 0.3) is 0 Å². The molecule has 0 radical (unpaired) electrons. The van der Waals surface area contributed by atoms with Crippen LogP contribution >= 0.6 is 11.3 Å². The smallest absolute Gasteiger partial charge is 0.387 e. The largest absolute Gasteiger partial charge is 0.435 e. The van der Waals surface area contributed by atoms with E-state index in [1.54, 1.807) is 35.6 Å². The molecule has 0 amide bonds. The van der Waals surface area contributed by atoms with Crippen LogP contribution in [0.1, 0.15) is 22.3 Å². The van der Waals surface area contributed by atoms with Crippen LogP contribution in [0.5, 0.6) is 5.75 Å². The van der Waals surface area contributed by atoms with E-state index in [2.05, 4.69) is 15.0 Å². The Hall–Kier alpha value is -1.53. The maximum Gasteiger partial charge on any atom is 0.387 e. The topological polar surface area (TPSA) is 34.2 Å². The summed E-state index contributed by atoms with van der Waals surface area (Å²) < 4.78 is 28.5. The summed E-state index contributed by atoms with van der Waals surface area (Å²) in [5.74, 6) is 0.170. The first kappa shape index (κ1) is 14.9. The van der Waals surface area contributed by atoms with E-state index in [1.165, 1.54) is 0 Å². The van der Waals surface area contributed by atoms with Crippen LogP contribution in [0.2, 0.25) is 0 Å². The van der Waals surface area contributed by atoms with E-state index in [9.17, 15) is 8.78 Å². The fourth-order valence-corrected chi connectivity index (χ4v) is 2.60. The molecule has 3 nitrogen and oxygen atoms in total. The van der Waals surface area contributed by atoms with E-state index in [0.29, 0.717) is 0 Å². The van der Waals surface area contributed by atoms with Crippen molar-refractivity contribution in [3.8, 4) is 5.75 Å². The molecule has 0 saturated heterocycles. The number of ether oxygens (including phenoxy) is 1. The van der Waals surface area contributed by atoms with Crippen molar-refractivity contribution in [2.75, 3.05) is 7.05 Å². The Kier molecular flexibility index (Phi) is 5.03. The van der Waals surface area contributed by atoms with Crippen molar-refractivity contribution in [3.63, 3.8) is 0 Å². The van der Waals surface area contributed by atoms with Crippen molar-refractivity contribution in [3.05, 3.63) is 45.9 Å². The fourth-order valence-electron chi connectivity index (χ4n) is 1.98. The third-order valence-electron chi connectivity index (χ3n) is 2.94. The van der Waals surface area contributed by atoms with Gasteiger partial charge in [0.2, 0.25) is 0 Å². The summed E-state index contributed by atoms with van der Waals surface area (Å²) in [6, 6.07) is 6.78. The first-order valence-corrected chi connectivity index (χ1v) is 7.09. The molecule has 1 aromatic heterocycles. The minimum atomic E-state index is -2.79. The van der Waals surface area contributed by atoms with Crippen molar-refractivity contribution in [1.82, 2.24) is 10.3 Å². The number of alkyl halides is 2. The van der Waals surface area contributed by atoms with Gasteiger partial charge in [-0.25, -0.2) is 4.98 Å². The highest BCUT2D eigenvalue weighted by molar-refractivity contribution is 7.09. The summed E-state index contributed by atoms with van der Waals surface area (Å²) in [5, 5.41) is 6.29. The molecule has 108 valence electrons. The van der Waals surface area contributed by atoms with Crippen LogP contribution < -0.4 is 10.1 Å². The highest BCUT2D eigenvalue weighted by Crippen LogP contribution is 2.22. The van der Waals surface area contributed by atoms with E-state index in [0.717, 1.165) is 22.7 Å². The van der Waals surface area contributed by atoms with Gasteiger partial charge in [-0.05, 0) is 31.7 Å². The molecular formula is C14H16F2N2OS. The number of likely N-dealkylation sites (N-methyl/N-ethyl adjacent to an activating group) is 1. The third kappa shape index (κ3) is 3.98. The summed E-state index contributed by atoms with van der Waals surface area (Å²) in [6.07, 6.45) is 0.760. The number of hydrogen-bond acceptors (Lipinski definition) is 4. The van der Waals surface area contributed by atoms with E-state index in [-0.39, 0.29) is 11.8 Å². The predicted molar refractivity (Wildman–Crippen MR) is 75.4 cm³/mol. The third-order valence-corrected chi connectivity index (χ3v) is 3.76. The zero-order valence-corrected chi connectivity index (χ0v) is 12.1. The maximum atomic E-state index is 12.1. The molecule has 1 N–H and O–H groups in total. The van der Waals surface area contributed by atoms with E-state index >= 15 is 0 Å². The summed E-state index contributed by atoms with van der Waals surface area (Å²) >= 11 is 1.62. The Morgan fingerprint density at radius 2 is 2.00 bits per heavy atom. The molecule has 0 bridgehead atoms. The van der Waals surface area contributed by atoms with Crippen LogP contribution in [-0.2, 0) is 6.42 Å². The van der Waals surface area contributed by atoms with Crippen molar-refractivity contribution < 1.29 is 13.5 Å². The number of rotatable bonds is 6. The molecule has 0 aliphatic rings. The second-order valence-electron chi connectivity index (χ2n) is 4.35. The predicted octanol–water partition coefficient (Wildman–Crippen LogP) is 3.56. The van der Waals surface area contributed by atoms with E-state index in [1.807, 2.05) is 19.4 Å². The Balaban J connectivity index is 2.07. The zero-order valence-electron chi connectivity index (χ0n) is 11.3. The molecule has 1 heterocycles. The molecule has 1 atom stereocenters. The van der Waals surface area contributed by atoms with Gasteiger partial charge in [-0.15, -0.1) is 11.3 Å². The van der Waals surface area contributed by atoms with Crippen LogP contribution in [0, 0.1) is 6.92 Å². The Bertz CT molecular complexity index is 542. The van der Waals surface area contributed by atoms with Gasteiger partial charge in [0, 0.05) is 17.8 Å². The molecule has 0 spiro atoms. The lowest BCUT2D eigenvalue weighted by molar-refractivity contribution is -0.0498. The van der Waals surface area contributed by atoms with Crippen LogP contribution in [0.3, 0.4) is 0 Å². The quantitative estimate of drug-likeness (QED) is 0.885. The van der Waals surface area contributed by atoms with Crippen LogP contribution in [0.25, 0.3) is 0 Å². The lowest BCUT2D eigenvalue weighted by atomic mass is 10.0. The molecule has 1 aromatic carbocycles. The van der Waals surface area contributed by atoms with Crippen molar-refractivity contribution >= 4 is 11.3 Å². The van der Waals surface area contributed by atoms with Gasteiger partial charge < -0.3 is 10.1 Å². The van der Waals surface area contributed by atoms with Gasteiger partial charge in [0.05, 0.1) is 10.7 Å². The SMILES string of the molecule is CNC(Cc1csc(C)n1)c1ccc(OC(F)F)cc1. The van der Waals surface area contributed by atoms with Gasteiger partial charge >= 0.3 is 6.61 Å². The standard InChI is InChI=1S/C14H16F2N2OS/c1-9-18-11(8-20-9)7-13(17-2)10-3-5-12(6-4-10)19-14(15)16/h3-6,8,13-14,17H,7H2,1-2H3. The normalized spacial score (nSPS) is 12.7. The Morgan fingerprint density at radius 1 is 1.30 bits per heavy atom. The van der Waals surface area contributed by atoms with Gasteiger partial charge in [-0.3, -0.25) is 0 Å². The monoisotopic (exact) mass is 298 g/mol. The van der Waals surface area contributed by atoms with Crippen molar-refractivity contribution in [2.45, 2.75) is 26.0 Å². The number of aryl methyl sites for hydroxylation is 1. The van der Waals surface area contributed by atoms with Gasteiger partial charge in [-0.1, -0.05) is 12.1 Å². The van der Waals surface area contributed by atoms with Crippen molar-refractivity contribution in [1.29, 1.82) is 0 Å². The number of benzene rings is 1. The molecule has 20 heavy (non-hydrogen) atoms.